The summed E-state index contributed by atoms with van der Waals surface area (Å²) in [6.45, 7) is 6.43. The lowest BCUT2D eigenvalue weighted by Crippen LogP contribution is -2.56. The van der Waals surface area contributed by atoms with Crippen LogP contribution in [-0.2, 0) is 12.8 Å². The van der Waals surface area contributed by atoms with Gasteiger partial charge in [0.1, 0.15) is 0 Å². The third kappa shape index (κ3) is 2.60. The molecular weight excluding hydrogens is 220 g/mol. The van der Waals surface area contributed by atoms with E-state index in [4.69, 9.17) is 5.73 Å². The molecule has 0 aliphatic heterocycles. The molecule has 1 aromatic rings. The first-order valence-electron chi connectivity index (χ1n) is 7.05. The smallest absolute Gasteiger partial charge is 0.0372 e. The molecular formula is C16H26N2. The van der Waals surface area contributed by atoms with Gasteiger partial charge in [0.25, 0.3) is 0 Å². The van der Waals surface area contributed by atoms with Crippen LogP contribution in [0.4, 0.5) is 0 Å². The number of hydrogen-bond donors (Lipinski definition) is 1. The fourth-order valence-corrected chi connectivity index (χ4v) is 3.18. The Morgan fingerprint density at radius 2 is 1.94 bits per heavy atom. The van der Waals surface area contributed by atoms with E-state index in [-0.39, 0.29) is 5.54 Å². The Labute approximate surface area is 111 Å². The monoisotopic (exact) mass is 246 g/mol. The lowest BCUT2D eigenvalue weighted by atomic mass is 9.76. The Kier molecular flexibility index (Phi) is 4.08. The van der Waals surface area contributed by atoms with Crippen LogP contribution >= 0.6 is 0 Å². The Balaban J connectivity index is 2.21. The van der Waals surface area contributed by atoms with Crippen LogP contribution in [0.3, 0.4) is 0 Å². The molecule has 2 rings (SSSR count). The first-order chi connectivity index (χ1) is 8.57. The molecule has 18 heavy (non-hydrogen) atoms. The van der Waals surface area contributed by atoms with Gasteiger partial charge in [0.05, 0.1) is 0 Å². The van der Waals surface area contributed by atoms with E-state index in [0.29, 0.717) is 5.92 Å². The first-order valence-corrected chi connectivity index (χ1v) is 7.05. The highest BCUT2D eigenvalue weighted by atomic mass is 15.2. The first kappa shape index (κ1) is 13.6. The molecule has 1 aromatic carbocycles. The molecule has 0 radical (unpaired) electrons. The highest BCUT2D eigenvalue weighted by Gasteiger charge is 2.36. The van der Waals surface area contributed by atoms with Crippen molar-refractivity contribution in [3.63, 3.8) is 0 Å². The predicted octanol–water partition coefficient (Wildman–Crippen LogP) is 2.46. The maximum Gasteiger partial charge on any atom is 0.0372 e. The fourth-order valence-electron chi connectivity index (χ4n) is 3.18. The van der Waals surface area contributed by atoms with E-state index >= 15 is 0 Å². The van der Waals surface area contributed by atoms with E-state index in [2.05, 4.69) is 50.1 Å². The Morgan fingerprint density at radius 1 is 1.28 bits per heavy atom. The molecule has 0 aromatic heterocycles. The van der Waals surface area contributed by atoms with E-state index in [0.717, 1.165) is 25.9 Å². The predicted molar refractivity (Wildman–Crippen MR) is 77.7 cm³/mol. The summed E-state index contributed by atoms with van der Waals surface area (Å²) in [7, 11) is 2.24. The quantitative estimate of drug-likeness (QED) is 0.884. The van der Waals surface area contributed by atoms with Crippen molar-refractivity contribution in [3.8, 4) is 0 Å². The van der Waals surface area contributed by atoms with E-state index in [9.17, 15) is 0 Å². The second-order valence-electron chi connectivity index (χ2n) is 6.15. The number of nitrogens with two attached hydrogens (primary N) is 1. The van der Waals surface area contributed by atoms with Gasteiger partial charge in [-0.2, -0.15) is 0 Å². The van der Waals surface area contributed by atoms with Crippen molar-refractivity contribution >= 4 is 0 Å². The standard InChI is InChI=1S/C16H26N2/c1-13(2)11-18(3)16(12-17)9-8-14-6-4-5-7-15(14)10-16/h4-7,13H,8-12,17H2,1-3H3. The second-order valence-corrected chi connectivity index (χ2v) is 6.15. The zero-order valence-corrected chi connectivity index (χ0v) is 11.9. The number of rotatable bonds is 4. The topological polar surface area (TPSA) is 29.3 Å². The molecule has 0 amide bonds. The Bertz CT molecular complexity index is 400. The summed E-state index contributed by atoms with van der Waals surface area (Å²) in [5, 5.41) is 0. The summed E-state index contributed by atoms with van der Waals surface area (Å²) >= 11 is 0. The van der Waals surface area contributed by atoms with Gasteiger partial charge in [-0.25, -0.2) is 0 Å². The average Bonchev–Trinajstić information content (AvgIpc) is 2.37. The van der Waals surface area contributed by atoms with Crippen molar-refractivity contribution in [2.75, 3.05) is 20.1 Å². The minimum Gasteiger partial charge on any atom is -0.329 e. The molecule has 0 bridgehead atoms. The Morgan fingerprint density at radius 3 is 2.56 bits per heavy atom. The third-order valence-corrected chi connectivity index (χ3v) is 4.33. The third-order valence-electron chi connectivity index (χ3n) is 4.33. The zero-order valence-electron chi connectivity index (χ0n) is 11.9. The van der Waals surface area contributed by atoms with Crippen LogP contribution in [0.1, 0.15) is 31.4 Å². The van der Waals surface area contributed by atoms with Gasteiger partial charge in [-0.1, -0.05) is 38.1 Å². The van der Waals surface area contributed by atoms with Crippen molar-refractivity contribution in [2.45, 2.75) is 38.6 Å². The van der Waals surface area contributed by atoms with E-state index in [1.807, 2.05) is 0 Å². The van der Waals surface area contributed by atoms with Gasteiger partial charge in [-0.15, -0.1) is 0 Å². The van der Waals surface area contributed by atoms with Gasteiger partial charge in [0, 0.05) is 18.6 Å². The lowest BCUT2D eigenvalue weighted by molar-refractivity contribution is 0.0958. The summed E-state index contributed by atoms with van der Waals surface area (Å²) < 4.78 is 0. The number of likely N-dealkylation sites (N-methyl/N-ethyl adjacent to an activating group) is 1. The molecule has 1 unspecified atom stereocenters. The molecule has 1 aliphatic carbocycles. The maximum atomic E-state index is 6.13. The van der Waals surface area contributed by atoms with Crippen LogP contribution in [0.2, 0.25) is 0 Å². The van der Waals surface area contributed by atoms with Crippen LogP contribution in [0.15, 0.2) is 24.3 Å². The van der Waals surface area contributed by atoms with E-state index in [1.54, 1.807) is 0 Å². The number of hydrogen-bond acceptors (Lipinski definition) is 2. The molecule has 0 spiro atoms. The van der Waals surface area contributed by atoms with E-state index in [1.165, 1.54) is 17.5 Å². The summed E-state index contributed by atoms with van der Waals surface area (Å²) in [4.78, 5) is 2.49. The minimum absolute atomic E-state index is 0.165. The highest BCUT2D eigenvalue weighted by Crippen LogP contribution is 2.32. The summed E-state index contributed by atoms with van der Waals surface area (Å²) in [5.41, 5.74) is 9.30. The summed E-state index contributed by atoms with van der Waals surface area (Å²) in [5.74, 6) is 0.690. The Hall–Kier alpha value is -0.860. The van der Waals surface area contributed by atoms with Gasteiger partial charge in [0.2, 0.25) is 0 Å². The van der Waals surface area contributed by atoms with Gasteiger partial charge in [-0.3, -0.25) is 4.90 Å². The maximum absolute atomic E-state index is 6.13. The van der Waals surface area contributed by atoms with Crippen molar-refractivity contribution in [1.29, 1.82) is 0 Å². The number of nitrogens with zero attached hydrogens (tertiary/aromatic N) is 1. The average molecular weight is 246 g/mol. The molecule has 0 saturated carbocycles. The van der Waals surface area contributed by atoms with Gasteiger partial charge < -0.3 is 5.73 Å². The molecule has 2 heteroatoms. The normalized spacial score (nSPS) is 23.4. The van der Waals surface area contributed by atoms with Crippen molar-refractivity contribution in [2.24, 2.45) is 11.7 Å². The molecule has 0 fully saturated rings. The molecule has 1 atom stereocenters. The largest absolute Gasteiger partial charge is 0.329 e. The highest BCUT2D eigenvalue weighted by molar-refractivity contribution is 5.32. The van der Waals surface area contributed by atoms with Crippen molar-refractivity contribution in [1.82, 2.24) is 4.90 Å². The van der Waals surface area contributed by atoms with Crippen molar-refractivity contribution < 1.29 is 0 Å². The van der Waals surface area contributed by atoms with E-state index < -0.39 is 0 Å². The van der Waals surface area contributed by atoms with Crippen LogP contribution in [0.5, 0.6) is 0 Å². The molecule has 2 nitrogen and oxygen atoms in total. The number of fused-ring (bicyclic) bond motifs is 1. The number of aryl methyl sites for hydroxylation is 1. The molecule has 0 heterocycles. The van der Waals surface area contributed by atoms with Crippen LogP contribution in [-0.4, -0.2) is 30.6 Å². The van der Waals surface area contributed by atoms with Crippen molar-refractivity contribution in [3.05, 3.63) is 35.4 Å². The minimum atomic E-state index is 0.165. The van der Waals surface area contributed by atoms with Crippen LogP contribution in [0.25, 0.3) is 0 Å². The van der Waals surface area contributed by atoms with Gasteiger partial charge in [-0.05, 0) is 43.4 Å². The summed E-state index contributed by atoms with van der Waals surface area (Å²) in [6.07, 6.45) is 3.45. The molecule has 0 saturated heterocycles. The molecule has 2 N–H and O–H groups in total. The fraction of sp³-hybridized carbons (Fsp3) is 0.625. The summed E-state index contributed by atoms with van der Waals surface area (Å²) in [6, 6.07) is 8.82. The zero-order chi connectivity index (χ0) is 13.2. The van der Waals surface area contributed by atoms with Gasteiger partial charge >= 0.3 is 0 Å². The van der Waals surface area contributed by atoms with Crippen LogP contribution < -0.4 is 5.73 Å². The van der Waals surface area contributed by atoms with Crippen LogP contribution in [0, 0.1) is 5.92 Å². The lowest BCUT2D eigenvalue weighted by Gasteiger charge is -2.45. The molecule has 100 valence electrons. The number of benzene rings is 1. The second kappa shape index (κ2) is 5.41. The SMILES string of the molecule is CC(C)CN(C)C1(CN)CCc2ccccc2C1. The molecule has 1 aliphatic rings. The van der Waals surface area contributed by atoms with Gasteiger partial charge in [0.15, 0.2) is 0 Å².